The van der Waals surface area contributed by atoms with E-state index in [-0.39, 0.29) is 17.7 Å². The quantitative estimate of drug-likeness (QED) is 0.633. The van der Waals surface area contributed by atoms with Crippen LogP contribution in [0.3, 0.4) is 0 Å². The number of rotatable bonds is 7. The lowest BCUT2D eigenvalue weighted by molar-refractivity contribution is -0.130. The molecule has 3 heterocycles. The zero-order chi connectivity index (χ0) is 21.8. The molecule has 0 aliphatic carbocycles. The van der Waals surface area contributed by atoms with Crippen molar-refractivity contribution in [1.82, 2.24) is 19.6 Å². The van der Waals surface area contributed by atoms with Crippen LogP contribution in [0, 0.1) is 19.8 Å². The number of nitrogens with one attached hydrogen (secondary N) is 1. The Labute approximate surface area is 181 Å². The fraction of sp³-hybridized carbons (Fsp3) is 0.391. The van der Waals surface area contributed by atoms with Crippen molar-refractivity contribution in [1.29, 1.82) is 0 Å². The van der Waals surface area contributed by atoms with Gasteiger partial charge in [-0.2, -0.15) is 0 Å². The van der Waals surface area contributed by atoms with Crippen LogP contribution < -0.4 is 5.32 Å². The maximum absolute atomic E-state index is 12.8. The number of carbonyl (C=O) groups excluding carboxylic acids is 2. The van der Waals surface area contributed by atoms with Gasteiger partial charge in [-0.25, -0.2) is 4.98 Å². The van der Waals surface area contributed by atoms with Crippen molar-refractivity contribution < 1.29 is 14.1 Å². The average molecular weight is 422 g/mol. The van der Waals surface area contributed by atoms with Crippen LogP contribution in [-0.4, -0.2) is 44.5 Å². The summed E-state index contributed by atoms with van der Waals surface area (Å²) < 4.78 is 7.14. The van der Waals surface area contributed by atoms with Crippen LogP contribution in [0.25, 0.3) is 0 Å². The Balaban J connectivity index is 1.29. The zero-order valence-corrected chi connectivity index (χ0v) is 17.9. The van der Waals surface area contributed by atoms with Gasteiger partial charge >= 0.3 is 0 Å². The highest BCUT2D eigenvalue weighted by Gasteiger charge is 2.31. The fourth-order valence-corrected chi connectivity index (χ4v) is 4.03. The Hall–Kier alpha value is -3.42. The first-order valence-electron chi connectivity index (χ1n) is 10.5. The summed E-state index contributed by atoms with van der Waals surface area (Å²) in [4.78, 5) is 31.2. The van der Waals surface area contributed by atoms with Crippen molar-refractivity contribution in [2.45, 2.75) is 39.7 Å². The highest BCUT2D eigenvalue weighted by atomic mass is 16.5. The molecule has 4 rings (SSSR count). The van der Waals surface area contributed by atoms with E-state index in [4.69, 9.17) is 4.52 Å². The highest BCUT2D eigenvalue weighted by Crippen LogP contribution is 2.21. The van der Waals surface area contributed by atoms with Crippen LogP contribution in [0.1, 0.15) is 35.4 Å². The van der Waals surface area contributed by atoms with Crippen molar-refractivity contribution in [2.24, 2.45) is 5.92 Å². The lowest BCUT2D eigenvalue weighted by Gasteiger charge is -2.16. The summed E-state index contributed by atoms with van der Waals surface area (Å²) in [7, 11) is 0. The molecule has 2 amide bonds. The second-order valence-corrected chi connectivity index (χ2v) is 8.05. The number of amides is 2. The molecule has 1 fully saturated rings. The fourth-order valence-electron chi connectivity index (χ4n) is 4.03. The van der Waals surface area contributed by atoms with E-state index in [1.807, 2.05) is 48.9 Å². The predicted octanol–water partition coefficient (Wildman–Crippen LogP) is 2.96. The molecule has 2 aromatic heterocycles. The van der Waals surface area contributed by atoms with Crippen molar-refractivity contribution in [3.8, 4) is 0 Å². The van der Waals surface area contributed by atoms with Gasteiger partial charge in [0.1, 0.15) is 5.76 Å². The first-order valence-corrected chi connectivity index (χ1v) is 10.5. The van der Waals surface area contributed by atoms with Crippen LogP contribution in [0.5, 0.6) is 0 Å². The molecule has 0 bridgehead atoms. The van der Waals surface area contributed by atoms with E-state index in [9.17, 15) is 9.59 Å². The first kappa shape index (κ1) is 20.8. The summed E-state index contributed by atoms with van der Waals surface area (Å²) in [6.45, 7) is 5.51. The van der Waals surface area contributed by atoms with Crippen LogP contribution in [-0.2, 0) is 22.6 Å². The minimum atomic E-state index is -0.194. The Bertz CT molecular complexity index is 1040. The summed E-state index contributed by atoms with van der Waals surface area (Å²) in [6, 6.07) is 7.81. The van der Waals surface area contributed by atoms with Crippen LogP contribution in [0.2, 0.25) is 0 Å². The van der Waals surface area contributed by atoms with Crippen molar-refractivity contribution >= 4 is 17.5 Å². The Morgan fingerprint density at radius 3 is 2.90 bits per heavy atom. The normalized spacial score (nSPS) is 15.9. The highest BCUT2D eigenvalue weighted by molar-refractivity contribution is 5.93. The second kappa shape index (κ2) is 9.16. The predicted molar refractivity (Wildman–Crippen MR) is 115 cm³/mol. The van der Waals surface area contributed by atoms with Crippen LogP contribution in [0.4, 0.5) is 5.69 Å². The molecule has 0 radical (unpaired) electrons. The first-order chi connectivity index (χ1) is 15.0. The Morgan fingerprint density at radius 1 is 1.29 bits per heavy atom. The Kier molecular flexibility index (Phi) is 6.16. The molecular formula is C23H27N5O3. The number of anilines is 1. The number of nitrogens with zero attached hydrogens (tertiary/aromatic N) is 4. The minimum absolute atomic E-state index is 0.0409. The molecule has 1 atom stereocenters. The van der Waals surface area contributed by atoms with Gasteiger partial charge in [0.05, 0.1) is 17.9 Å². The van der Waals surface area contributed by atoms with E-state index in [0.29, 0.717) is 38.9 Å². The van der Waals surface area contributed by atoms with Crippen molar-refractivity contribution in [2.75, 3.05) is 18.4 Å². The summed E-state index contributed by atoms with van der Waals surface area (Å²) >= 11 is 0. The molecule has 8 heteroatoms. The summed E-state index contributed by atoms with van der Waals surface area (Å²) in [6.07, 6.45) is 7.09. The molecule has 1 unspecified atom stereocenters. The van der Waals surface area contributed by atoms with E-state index in [2.05, 4.69) is 15.5 Å². The van der Waals surface area contributed by atoms with E-state index < -0.39 is 0 Å². The van der Waals surface area contributed by atoms with Gasteiger partial charge in [-0.3, -0.25) is 9.59 Å². The van der Waals surface area contributed by atoms with Gasteiger partial charge in [0, 0.05) is 49.7 Å². The van der Waals surface area contributed by atoms with Gasteiger partial charge < -0.3 is 19.3 Å². The molecule has 31 heavy (non-hydrogen) atoms. The third-order valence-electron chi connectivity index (χ3n) is 5.80. The molecule has 0 spiro atoms. The van der Waals surface area contributed by atoms with Crippen molar-refractivity contribution in [3.05, 3.63) is 65.6 Å². The smallest absolute Gasteiger partial charge is 0.229 e. The summed E-state index contributed by atoms with van der Waals surface area (Å²) in [5, 5.41) is 6.95. The van der Waals surface area contributed by atoms with Gasteiger partial charge in [-0.1, -0.05) is 17.3 Å². The number of hydrogen-bond donors (Lipinski definition) is 1. The van der Waals surface area contributed by atoms with E-state index in [1.54, 1.807) is 17.4 Å². The standard InChI is InChI=1S/C23H27N5O3/c1-16-21(17(2)31-26-16)6-7-22(29)28-10-8-19(14-28)23(30)25-20-5-3-4-18(12-20)13-27-11-9-24-15-27/h3-5,9,11-12,15,19H,6-8,10,13-14H2,1-2H3,(H,25,30). The average Bonchev–Trinajstić information content (AvgIpc) is 3.50. The molecule has 0 saturated carbocycles. The largest absolute Gasteiger partial charge is 0.361 e. The van der Waals surface area contributed by atoms with Gasteiger partial charge in [0.2, 0.25) is 11.8 Å². The molecule has 1 aliphatic rings. The number of benzene rings is 1. The third kappa shape index (κ3) is 5.02. The van der Waals surface area contributed by atoms with Gasteiger partial charge in [0.15, 0.2) is 0 Å². The number of imidazole rings is 1. The Morgan fingerprint density at radius 2 is 2.16 bits per heavy atom. The van der Waals surface area contributed by atoms with Gasteiger partial charge in [-0.05, 0) is 44.4 Å². The van der Waals surface area contributed by atoms with Gasteiger partial charge in [0.25, 0.3) is 0 Å². The van der Waals surface area contributed by atoms with E-state index in [1.165, 1.54) is 0 Å². The minimum Gasteiger partial charge on any atom is -0.361 e. The molecular weight excluding hydrogens is 394 g/mol. The monoisotopic (exact) mass is 421 g/mol. The van der Waals surface area contributed by atoms with Crippen LogP contribution in [0.15, 0.2) is 47.5 Å². The number of aromatic nitrogens is 3. The SMILES string of the molecule is Cc1noc(C)c1CCC(=O)N1CCC(C(=O)Nc2cccc(Cn3ccnc3)c2)C1. The maximum Gasteiger partial charge on any atom is 0.229 e. The van der Waals surface area contributed by atoms with E-state index >= 15 is 0 Å². The lowest BCUT2D eigenvalue weighted by atomic mass is 10.1. The summed E-state index contributed by atoms with van der Waals surface area (Å²) in [5.74, 6) is 0.595. The number of carbonyl (C=O) groups is 2. The number of likely N-dealkylation sites (tertiary alicyclic amines) is 1. The zero-order valence-electron chi connectivity index (χ0n) is 17.9. The summed E-state index contributed by atoms with van der Waals surface area (Å²) in [5.41, 5.74) is 3.68. The number of hydrogen-bond acceptors (Lipinski definition) is 5. The van der Waals surface area contributed by atoms with E-state index in [0.717, 1.165) is 28.3 Å². The molecule has 1 N–H and O–H groups in total. The molecule has 1 aromatic carbocycles. The van der Waals surface area contributed by atoms with Gasteiger partial charge in [-0.15, -0.1) is 0 Å². The molecule has 1 saturated heterocycles. The maximum atomic E-state index is 12.8. The third-order valence-corrected chi connectivity index (χ3v) is 5.80. The van der Waals surface area contributed by atoms with Crippen molar-refractivity contribution in [3.63, 3.8) is 0 Å². The topological polar surface area (TPSA) is 93.3 Å². The molecule has 162 valence electrons. The lowest BCUT2D eigenvalue weighted by Crippen LogP contribution is -2.31. The molecule has 3 aromatic rings. The second-order valence-electron chi connectivity index (χ2n) is 8.05. The number of aryl methyl sites for hydroxylation is 2. The van der Waals surface area contributed by atoms with Crippen LogP contribution >= 0.6 is 0 Å². The molecule has 8 nitrogen and oxygen atoms in total. The molecule has 1 aliphatic heterocycles.